The maximum absolute atomic E-state index is 5.60. The van der Waals surface area contributed by atoms with Gasteiger partial charge in [0, 0.05) is 6.07 Å². The van der Waals surface area contributed by atoms with Crippen LogP contribution in [0.5, 0.6) is 5.75 Å². The summed E-state index contributed by atoms with van der Waals surface area (Å²) in [4.78, 5) is 8.19. The zero-order valence-corrected chi connectivity index (χ0v) is 11.2. The molecule has 0 aliphatic rings. The van der Waals surface area contributed by atoms with Gasteiger partial charge in [0.25, 0.3) is 0 Å². The quantitative estimate of drug-likeness (QED) is 0.655. The molecule has 1 heterocycles. The molecule has 94 valence electrons. The predicted molar refractivity (Wildman–Crippen MR) is 74.6 cm³/mol. The van der Waals surface area contributed by atoms with Crippen LogP contribution in [0.1, 0.15) is 0 Å². The topological polar surface area (TPSA) is 73.1 Å². The third-order valence-electron chi connectivity index (χ3n) is 2.11. The molecule has 0 amide bonds. The number of nitrogens with one attached hydrogen (secondary N) is 1. The normalized spacial score (nSPS) is 10.1. The van der Waals surface area contributed by atoms with Crippen LogP contribution in [0, 0.1) is 0 Å². The standard InChI is InChI=1S/C12H13BrN4O/c13-10-8-11(14)17-12(16-10)15-6-7-18-9-4-2-1-3-5-9/h1-5,8H,6-7H2,(H3,14,15,16,17). The fourth-order valence-electron chi connectivity index (χ4n) is 1.36. The molecule has 0 aliphatic heterocycles. The summed E-state index contributed by atoms with van der Waals surface area (Å²) in [6.07, 6.45) is 0. The van der Waals surface area contributed by atoms with E-state index in [4.69, 9.17) is 10.5 Å². The smallest absolute Gasteiger partial charge is 0.225 e. The highest BCUT2D eigenvalue weighted by Gasteiger charge is 1.99. The number of nitrogens with two attached hydrogens (primary N) is 1. The Labute approximate surface area is 114 Å². The molecule has 2 rings (SSSR count). The van der Waals surface area contributed by atoms with Crippen molar-refractivity contribution in [2.75, 3.05) is 24.2 Å². The minimum atomic E-state index is 0.420. The maximum Gasteiger partial charge on any atom is 0.225 e. The van der Waals surface area contributed by atoms with E-state index in [-0.39, 0.29) is 0 Å². The number of halogens is 1. The third kappa shape index (κ3) is 3.89. The number of ether oxygens (including phenoxy) is 1. The summed E-state index contributed by atoms with van der Waals surface area (Å²) < 4.78 is 6.18. The Kier molecular flexibility index (Phi) is 4.35. The van der Waals surface area contributed by atoms with Gasteiger partial charge in [0.2, 0.25) is 5.95 Å². The van der Waals surface area contributed by atoms with Gasteiger partial charge in [-0.25, -0.2) is 4.98 Å². The molecule has 0 radical (unpaired) electrons. The lowest BCUT2D eigenvalue weighted by atomic mass is 10.3. The summed E-state index contributed by atoms with van der Waals surface area (Å²) >= 11 is 3.26. The first-order valence-corrected chi connectivity index (χ1v) is 6.25. The Balaban J connectivity index is 1.78. The highest BCUT2D eigenvalue weighted by Crippen LogP contribution is 2.12. The molecular formula is C12H13BrN4O. The van der Waals surface area contributed by atoms with Gasteiger partial charge < -0.3 is 15.8 Å². The summed E-state index contributed by atoms with van der Waals surface area (Å²) in [5.74, 6) is 1.75. The van der Waals surface area contributed by atoms with Crippen molar-refractivity contribution in [2.24, 2.45) is 0 Å². The summed E-state index contributed by atoms with van der Waals surface area (Å²) in [5, 5.41) is 3.04. The molecular weight excluding hydrogens is 296 g/mol. The van der Waals surface area contributed by atoms with Gasteiger partial charge in [-0.1, -0.05) is 18.2 Å². The summed E-state index contributed by atoms with van der Waals surface area (Å²) in [5.41, 5.74) is 5.60. The number of hydrogen-bond acceptors (Lipinski definition) is 5. The van der Waals surface area contributed by atoms with Crippen LogP contribution in [0.2, 0.25) is 0 Å². The largest absolute Gasteiger partial charge is 0.492 e. The van der Waals surface area contributed by atoms with E-state index in [1.807, 2.05) is 30.3 Å². The lowest BCUT2D eigenvalue weighted by molar-refractivity contribution is 0.332. The maximum atomic E-state index is 5.60. The van der Waals surface area contributed by atoms with Crippen LogP contribution in [0.3, 0.4) is 0 Å². The Morgan fingerprint density at radius 3 is 2.72 bits per heavy atom. The van der Waals surface area contributed by atoms with Crippen molar-refractivity contribution in [2.45, 2.75) is 0 Å². The highest BCUT2D eigenvalue weighted by molar-refractivity contribution is 9.10. The summed E-state index contributed by atoms with van der Waals surface area (Å²) in [6, 6.07) is 11.3. The van der Waals surface area contributed by atoms with Crippen molar-refractivity contribution in [1.29, 1.82) is 0 Å². The first-order valence-electron chi connectivity index (χ1n) is 5.46. The van der Waals surface area contributed by atoms with E-state index in [2.05, 4.69) is 31.2 Å². The Morgan fingerprint density at radius 2 is 2.00 bits per heavy atom. The van der Waals surface area contributed by atoms with E-state index in [0.29, 0.717) is 29.5 Å². The molecule has 0 atom stereocenters. The Morgan fingerprint density at radius 1 is 1.22 bits per heavy atom. The van der Waals surface area contributed by atoms with E-state index in [0.717, 1.165) is 5.75 Å². The van der Waals surface area contributed by atoms with Crippen molar-refractivity contribution in [3.05, 3.63) is 41.0 Å². The van der Waals surface area contributed by atoms with Gasteiger partial charge in [0.15, 0.2) is 0 Å². The van der Waals surface area contributed by atoms with E-state index in [1.165, 1.54) is 0 Å². The Hall–Kier alpha value is -1.82. The number of hydrogen-bond donors (Lipinski definition) is 2. The van der Waals surface area contributed by atoms with Crippen molar-refractivity contribution < 1.29 is 4.74 Å². The number of rotatable bonds is 5. The fraction of sp³-hybridized carbons (Fsp3) is 0.167. The molecule has 1 aromatic heterocycles. The Bertz CT molecular complexity index is 486. The van der Waals surface area contributed by atoms with E-state index in [1.54, 1.807) is 6.07 Å². The molecule has 5 nitrogen and oxygen atoms in total. The second-order valence-electron chi connectivity index (χ2n) is 3.53. The van der Waals surface area contributed by atoms with Crippen LogP contribution in [0.15, 0.2) is 41.0 Å². The highest BCUT2D eigenvalue weighted by atomic mass is 79.9. The first-order chi connectivity index (χ1) is 8.74. The van der Waals surface area contributed by atoms with Crippen molar-refractivity contribution in [3.63, 3.8) is 0 Å². The monoisotopic (exact) mass is 308 g/mol. The molecule has 3 N–H and O–H groups in total. The predicted octanol–water partition coefficient (Wildman–Crippen LogP) is 2.31. The average Bonchev–Trinajstić information content (AvgIpc) is 2.35. The van der Waals surface area contributed by atoms with Crippen LogP contribution in [-0.4, -0.2) is 23.1 Å². The zero-order chi connectivity index (χ0) is 12.8. The molecule has 0 aliphatic carbocycles. The van der Waals surface area contributed by atoms with Crippen LogP contribution in [-0.2, 0) is 0 Å². The molecule has 0 saturated heterocycles. The van der Waals surface area contributed by atoms with Crippen molar-refractivity contribution in [3.8, 4) is 5.75 Å². The van der Waals surface area contributed by atoms with Gasteiger partial charge in [-0.3, -0.25) is 0 Å². The minimum absolute atomic E-state index is 0.420. The molecule has 0 saturated carbocycles. The first kappa shape index (κ1) is 12.6. The van der Waals surface area contributed by atoms with E-state index >= 15 is 0 Å². The number of nitrogens with zero attached hydrogens (tertiary/aromatic N) is 2. The number of para-hydroxylation sites is 1. The zero-order valence-electron chi connectivity index (χ0n) is 9.64. The molecule has 2 aromatic rings. The van der Waals surface area contributed by atoms with Crippen molar-refractivity contribution >= 4 is 27.7 Å². The number of nitrogen functional groups attached to an aromatic ring is 1. The summed E-state index contributed by atoms with van der Waals surface area (Å²) in [7, 11) is 0. The van der Waals surface area contributed by atoms with Gasteiger partial charge in [0.1, 0.15) is 22.8 Å². The number of anilines is 2. The van der Waals surface area contributed by atoms with Crippen LogP contribution >= 0.6 is 15.9 Å². The van der Waals surface area contributed by atoms with Gasteiger partial charge in [0.05, 0.1) is 6.54 Å². The van der Waals surface area contributed by atoms with E-state index < -0.39 is 0 Å². The second-order valence-corrected chi connectivity index (χ2v) is 4.34. The summed E-state index contributed by atoms with van der Waals surface area (Å²) in [6.45, 7) is 1.13. The lowest BCUT2D eigenvalue weighted by Gasteiger charge is -2.07. The van der Waals surface area contributed by atoms with Crippen LogP contribution in [0.25, 0.3) is 0 Å². The fourth-order valence-corrected chi connectivity index (χ4v) is 1.77. The molecule has 0 fully saturated rings. The van der Waals surface area contributed by atoms with Crippen LogP contribution in [0.4, 0.5) is 11.8 Å². The SMILES string of the molecule is Nc1cc(Br)nc(NCCOc2ccccc2)n1. The average molecular weight is 309 g/mol. The molecule has 0 bridgehead atoms. The molecule has 0 spiro atoms. The molecule has 0 unspecified atom stereocenters. The second kappa shape index (κ2) is 6.20. The van der Waals surface area contributed by atoms with Gasteiger partial charge >= 0.3 is 0 Å². The van der Waals surface area contributed by atoms with Crippen LogP contribution < -0.4 is 15.8 Å². The minimum Gasteiger partial charge on any atom is -0.492 e. The van der Waals surface area contributed by atoms with Gasteiger partial charge in [-0.05, 0) is 28.1 Å². The number of aromatic nitrogens is 2. The lowest BCUT2D eigenvalue weighted by Crippen LogP contribution is -2.13. The third-order valence-corrected chi connectivity index (χ3v) is 2.52. The van der Waals surface area contributed by atoms with E-state index in [9.17, 15) is 0 Å². The molecule has 6 heteroatoms. The van der Waals surface area contributed by atoms with Gasteiger partial charge in [-0.2, -0.15) is 4.98 Å². The van der Waals surface area contributed by atoms with Crippen molar-refractivity contribution in [1.82, 2.24) is 9.97 Å². The number of benzene rings is 1. The molecule has 1 aromatic carbocycles. The molecule has 18 heavy (non-hydrogen) atoms. The van der Waals surface area contributed by atoms with Gasteiger partial charge in [-0.15, -0.1) is 0 Å².